The average molecular weight is 310 g/mol. The summed E-state index contributed by atoms with van der Waals surface area (Å²) in [4.78, 5) is 11.6. The number of rotatable bonds is 8. The van der Waals surface area contributed by atoms with Crippen molar-refractivity contribution in [2.45, 2.75) is 51.9 Å². The lowest BCUT2D eigenvalue weighted by molar-refractivity contribution is -0.145. The third kappa shape index (κ3) is 5.16. The van der Waals surface area contributed by atoms with Crippen LogP contribution < -0.4 is 11.5 Å². The number of hydrogen-bond donors (Lipinski definition) is 2. The molecule has 21 heavy (non-hydrogen) atoms. The van der Waals surface area contributed by atoms with Crippen LogP contribution in [-0.4, -0.2) is 11.7 Å². The third-order valence-electron chi connectivity index (χ3n) is 3.36. The van der Waals surface area contributed by atoms with Gasteiger partial charge >= 0.3 is 5.97 Å². The van der Waals surface area contributed by atoms with Crippen molar-refractivity contribution in [3.63, 3.8) is 0 Å². The first kappa shape index (κ1) is 17.7. The average Bonchev–Trinajstić information content (AvgIpc) is 2.44. The minimum atomic E-state index is -0.175. The Hall–Kier alpha value is -1.36. The molecule has 0 radical (unpaired) electrons. The quantitative estimate of drug-likeness (QED) is 0.562. The highest BCUT2D eigenvalue weighted by molar-refractivity contribution is 7.99. The van der Waals surface area contributed by atoms with Crippen molar-refractivity contribution in [3.8, 4) is 0 Å². The van der Waals surface area contributed by atoms with Crippen molar-refractivity contribution < 1.29 is 9.53 Å². The van der Waals surface area contributed by atoms with E-state index < -0.39 is 0 Å². The second-order valence-electron chi connectivity index (χ2n) is 5.00. The number of nitrogens with two attached hydrogens (primary N) is 2. The van der Waals surface area contributed by atoms with Gasteiger partial charge in [-0.25, -0.2) is 0 Å². The number of benzene rings is 1. The van der Waals surface area contributed by atoms with Crippen LogP contribution in [0.25, 0.3) is 0 Å². The fraction of sp³-hybridized carbons (Fsp3) is 0.562. The van der Waals surface area contributed by atoms with Crippen LogP contribution >= 0.6 is 11.8 Å². The highest BCUT2D eigenvalue weighted by Gasteiger charge is 2.16. The summed E-state index contributed by atoms with van der Waals surface area (Å²) in [6.07, 6.45) is 2.29. The van der Waals surface area contributed by atoms with Crippen molar-refractivity contribution in [1.29, 1.82) is 0 Å². The molecule has 0 saturated heterocycles. The molecule has 4 N–H and O–H groups in total. The number of ether oxygens (including phenoxy) is 1. The first-order valence-corrected chi connectivity index (χ1v) is 8.50. The van der Waals surface area contributed by atoms with Crippen LogP contribution in [0.4, 0.5) is 11.4 Å². The van der Waals surface area contributed by atoms with Gasteiger partial charge in [-0.05, 0) is 25.2 Å². The van der Waals surface area contributed by atoms with Crippen LogP contribution in [0, 0.1) is 0 Å². The predicted octanol–water partition coefficient (Wildman–Crippen LogP) is 3.90. The summed E-state index contributed by atoms with van der Waals surface area (Å²) in [7, 11) is 0. The second-order valence-corrected chi connectivity index (χ2v) is 6.62. The normalized spacial score (nSPS) is 12.1. The van der Waals surface area contributed by atoms with Crippen molar-refractivity contribution in [2.75, 3.05) is 17.2 Å². The van der Waals surface area contributed by atoms with E-state index in [4.69, 9.17) is 16.2 Å². The molecule has 1 rings (SSSR count). The Morgan fingerprint density at radius 3 is 2.67 bits per heavy atom. The van der Waals surface area contributed by atoms with E-state index >= 15 is 0 Å². The summed E-state index contributed by atoms with van der Waals surface area (Å²) in [5.74, 6) is 0.821. The van der Waals surface area contributed by atoms with Crippen LogP contribution in [0.3, 0.4) is 0 Å². The molecule has 0 fully saturated rings. The molecule has 0 saturated carbocycles. The maximum atomic E-state index is 11.6. The Kier molecular flexibility index (Phi) is 7.43. The van der Waals surface area contributed by atoms with Gasteiger partial charge in [-0.15, -0.1) is 0 Å². The van der Waals surface area contributed by atoms with E-state index in [2.05, 4.69) is 13.8 Å². The zero-order chi connectivity index (χ0) is 15.8. The molecule has 1 aromatic rings. The van der Waals surface area contributed by atoms with Gasteiger partial charge in [0.05, 0.1) is 0 Å². The molecule has 0 heterocycles. The lowest BCUT2D eigenvalue weighted by Gasteiger charge is -2.18. The first-order chi connectivity index (χ1) is 10.0. The minimum Gasteiger partial charge on any atom is -0.461 e. The maximum Gasteiger partial charge on any atom is 0.306 e. The molecule has 1 aromatic carbocycles. The van der Waals surface area contributed by atoms with Crippen molar-refractivity contribution in [1.82, 2.24) is 0 Å². The maximum absolute atomic E-state index is 11.6. The van der Waals surface area contributed by atoms with Gasteiger partial charge in [-0.2, -0.15) is 11.8 Å². The summed E-state index contributed by atoms with van der Waals surface area (Å²) in [6.45, 7) is 6.45. The fourth-order valence-electron chi connectivity index (χ4n) is 2.16. The molecule has 0 aliphatic carbocycles. The van der Waals surface area contributed by atoms with E-state index in [1.165, 1.54) is 0 Å². The molecular formula is C16H26N2O2S. The Balaban J connectivity index is 2.80. The number of esters is 1. The Morgan fingerprint density at radius 1 is 1.33 bits per heavy atom. The zero-order valence-electron chi connectivity index (χ0n) is 13.1. The van der Waals surface area contributed by atoms with E-state index in [9.17, 15) is 4.79 Å². The molecular weight excluding hydrogens is 284 g/mol. The number of unbranched alkanes of at least 4 members (excludes halogenated alkanes) is 1. The minimum absolute atomic E-state index is 0.175. The number of nitrogen functional groups attached to an aromatic ring is 2. The molecule has 0 aliphatic rings. The van der Waals surface area contributed by atoms with E-state index in [-0.39, 0.29) is 17.8 Å². The molecule has 0 spiro atoms. The summed E-state index contributed by atoms with van der Waals surface area (Å²) >= 11 is 1.79. The monoisotopic (exact) mass is 310 g/mol. The molecule has 118 valence electrons. The molecule has 0 amide bonds. The molecule has 1 unspecified atom stereocenters. The molecule has 0 aliphatic heterocycles. The van der Waals surface area contributed by atoms with Crippen molar-refractivity contribution in [2.24, 2.45) is 0 Å². The highest BCUT2D eigenvalue weighted by atomic mass is 32.2. The largest absolute Gasteiger partial charge is 0.461 e. The van der Waals surface area contributed by atoms with Crippen molar-refractivity contribution >= 4 is 29.1 Å². The molecule has 1 atom stereocenters. The van der Waals surface area contributed by atoms with E-state index in [0.29, 0.717) is 17.8 Å². The zero-order valence-corrected chi connectivity index (χ0v) is 14.0. The van der Waals surface area contributed by atoms with Gasteiger partial charge in [0.1, 0.15) is 6.61 Å². The van der Waals surface area contributed by atoms with Crippen molar-refractivity contribution in [3.05, 3.63) is 23.3 Å². The Bertz CT molecular complexity index is 478. The van der Waals surface area contributed by atoms with Crippen LogP contribution in [0.1, 0.15) is 56.4 Å². The van der Waals surface area contributed by atoms with Gasteiger partial charge in [-0.3, -0.25) is 4.79 Å². The van der Waals surface area contributed by atoms with Gasteiger partial charge in [0, 0.05) is 34.2 Å². The highest BCUT2D eigenvalue weighted by Crippen LogP contribution is 2.37. The topological polar surface area (TPSA) is 78.3 Å². The second kappa shape index (κ2) is 8.82. The molecule has 0 aromatic heterocycles. The first-order valence-electron chi connectivity index (χ1n) is 7.45. The van der Waals surface area contributed by atoms with Gasteiger partial charge in [0.15, 0.2) is 0 Å². The number of hydrogen-bond acceptors (Lipinski definition) is 5. The number of carbonyl (C=O) groups is 1. The summed E-state index contributed by atoms with van der Waals surface area (Å²) in [5.41, 5.74) is 15.4. The number of carbonyl (C=O) groups excluding carboxylic acids is 1. The van der Waals surface area contributed by atoms with E-state index in [0.717, 1.165) is 29.7 Å². The van der Waals surface area contributed by atoms with Crippen LogP contribution in [0.5, 0.6) is 0 Å². The smallest absolute Gasteiger partial charge is 0.306 e. The lowest BCUT2D eigenvalue weighted by Crippen LogP contribution is -2.09. The number of anilines is 2. The van der Waals surface area contributed by atoms with Gasteiger partial charge in [0.25, 0.3) is 0 Å². The molecule has 0 bridgehead atoms. The Morgan fingerprint density at radius 2 is 2.05 bits per heavy atom. The Labute approximate surface area is 131 Å². The van der Waals surface area contributed by atoms with E-state index in [1.807, 2.05) is 19.1 Å². The van der Waals surface area contributed by atoms with Gasteiger partial charge < -0.3 is 16.2 Å². The predicted molar refractivity (Wildman–Crippen MR) is 91.1 cm³/mol. The third-order valence-corrected chi connectivity index (χ3v) is 4.43. The van der Waals surface area contributed by atoms with Gasteiger partial charge in [-0.1, -0.05) is 26.3 Å². The van der Waals surface area contributed by atoms with Crippen LogP contribution in [0.2, 0.25) is 0 Å². The lowest BCUT2D eigenvalue weighted by atomic mass is 10.0. The number of thioether (sulfide) groups is 1. The van der Waals surface area contributed by atoms with Gasteiger partial charge in [0.2, 0.25) is 0 Å². The van der Waals surface area contributed by atoms with Crippen LogP contribution in [0.15, 0.2) is 12.1 Å². The SMILES string of the molecule is CCCCC(=O)OCc1ccc(N)c(C(C)SCC)c1N. The van der Waals surface area contributed by atoms with Crippen LogP contribution in [-0.2, 0) is 16.1 Å². The molecule has 5 heteroatoms. The standard InChI is InChI=1S/C16H26N2O2S/c1-4-6-7-14(19)20-10-12-8-9-13(17)15(16(12)18)11(3)21-5-2/h8-9,11H,4-7,10,17-18H2,1-3H3. The molecule has 4 nitrogen and oxygen atoms in total. The fourth-order valence-corrected chi connectivity index (χ4v) is 3.09. The summed E-state index contributed by atoms with van der Waals surface area (Å²) in [6, 6.07) is 3.68. The summed E-state index contributed by atoms with van der Waals surface area (Å²) in [5, 5.41) is 0.228. The van der Waals surface area contributed by atoms with E-state index in [1.54, 1.807) is 11.8 Å². The summed E-state index contributed by atoms with van der Waals surface area (Å²) < 4.78 is 5.28.